The number of carbonyl (C=O) groups excluding carboxylic acids is 1. The van der Waals surface area contributed by atoms with Crippen LogP contribution in [0.5, 0.6) is 5.75 Å². The molecule has 7 nitrogen and oxygen atoms in total. The Kier molecular flexibility index (Phi) is 6.60. The summed E-state index contributed by atoms with van der Waals surface area (Å²) in [7, 11) is -4.04. The first-order valence-electron chi connectivity index (χ1n) is 11.0. The van der Waals surface area contributed by atoms with Crippen LogP contribution in [0.25, 0.3) is 11.0 Å². The van der Waals surface area contributed by atoms with Gasteiger partial charge in [0.25, 0.3) is 0 Å². The first-order chi connectivity index (χ1) is 16.6. The summed E-state index contributed by atoms with van der Waals surface area (Å²) in [5.41, 5.74) is 2.89. The van der Waals surface area contributed by atoms with Gasteiger partial charge in [0.15, 0.2) is 0 Å². The van der Waals surface area contributed by atoms with Crippen LogP contribution in [0.2, 0.25) is 0 Å². The number of rotatable bonds is 6. The number of benzene rings is 3. The predicted octanol–water partition coefficient (Wildman–Crippen LogP) is 4.65. The molecule has 1 atom stereocenters. The van der Waals surface area contributed by atoms with Crippen LogP contribution in [0, 0.1) is 27.7 Å². The second kappa shape index (κ2) is 9.48. The van der Waals surface area contributed by atoms with E-state index in [9.17, 15) is 18.0 Å². The zero-order valence-corrected chi connectivity index (χ0v) is 20.6. The van der Waals surface area contributed by atoms with E-state index in [0.29, 0.717) is 27.6 Å². The Morgan fingerprint density at radius 2 is 1.54 bits per heavy atom. The summed E-state index contributed by atoms with van der Waals surface area (Å²) in [5.74, 6) is -0.633. The Labute approximate surface area is 203 Å². The van der Waals surface area contributed by atoms with E-state index in [4.69, 9.17) is 9.15 Å². The molecule has 1 heterocycles. The number of hydrogen-bond acceptors (Lipinski definition) is 6. The fourth-order valence-electron chi connectivity index (χ4n) is 3.77. The molecule has 0 saturated heterocycles. The van der Waals surface area contributed by atoms with Crippen molar-refractivity contribution < 1.29 is 22.4 Å². The van der Waals surface area contributed by atoms with Gasteiger partial charge in [-0.15, -0.1) is 0 Å². The third-order valence-electron chi connectivity index (χ3n) is 5.84. The van der Waals surface area contributed by atoms with Crippen LogP contribution in [0.4, 0.5) is 0 Å². The van der Waals surface area contributed by atoms with Gasteiger partial charge in [-0.25, -0.2) is 18.0 Å². The van der Waals surface area contributed by atoms with E-state index in [-0.39, 0.29) is 16.2 Å². The molecule has 180 valence electrons. The summed E-state index contributed by atoms with van der Waals surface area (Å²) in [6.07, 6.45) is 0. The summed E-state index contributed by atoms with van der Waals surface area (Å²) in [6, 6.07) is 16.8. The lowest BCUT2D eigenvalue weighted by Gasteiger charge is -2.19. The Hall–Kier alpha value is -3.75. The molecule has 0 aliphatic heterocycles. The minimum Gasteiger partial charge on any atom is -0.424 e. The summed E-state index contributed by atoms with van der Waals surface area (Å²) >= 11 is 0. The van der Waals surface area contributed by atoms with Crippen LogP contribution < -0.4 is 15.1 Å². The van der Waals surface area contributed by atoms with Crippen molar-refractivity contribution in [3.63, 3.8) is 0 Å². The molecule has 4 rings (SSSR count). The third-order valence-corrected chi connectivity index (χ3v) is 7.28. The van der Waals surface area contributed by atoms with Gasteiger partial charge >= 0.3 is 11.6 Å². The Bertz CT molecular complexity index is 1570. The van der Waals surface area contributed by atoms with Crippen molar-refractivity contribution in [2.24, 2.45) is 0 Å². The topological polar surface area (TPSA) is 103 Å². The van der Waals surface area contributed by atoms with Crippen LogP contribution in [-0.4, -0.2) is 14.4 Å². The largest absolute Gasteiger partial charge is 0.424 e. The minimum atomic E-state index is -4.04. The normalized spacial score (nSPS) is 12.5. The van der Waals surface area contributed by atoms with E-state index in [1.807, 2.05) is 6.92 Å². The van der Waals surface area contributed by atoms with Gasteiger partial charge in [0.2, 0.25) is 10.0 Å². The van der Waals surface area contributed by atoms with E-state index in [0.717, 1.165) is 5.56 Å². The highest BCUT2D eigenvalue weighted by Crippen LogP contribution is 2.32. The molecular weight excluding hydrogens is 466 g/mol. The molecule has 0 saturated carbocycles. The lowest BCUT2D eigenvalue weighted by molar-refractivity contribution is -0.136. The van der Waals surface area contributed by atoms with Gasteiger partial charge in [-0.1, -0.05) is 48.0 Å². The molecule has 0 radical (unpaired) electrons. The minimum absolute atomic E-state index is 0.0334. The van der Waals surface area contributed by atoms with Crippen molar-refractivity contribution in [3.05, 3.63) is 105 Å². The highest BCUT2D eigenvalue weighted by Gasteiger charge is 2.30. The third kappa shape index (κ3) is 5.03. The number of fused-ring (bicyclic) bond motifs is 1. The Balaban J connectivity index is 1.77. The summed E-state index contributed by atoms with van der Waals surface area (Å²) in [6.45, 7) is 7.01. The van der Waals surface area contributed by atoms with Crippen molar-refractivity contribution >= 4 is 27.0 Å². The highest BCUT2D eigenvalue weighted by atomic mass is 32.2. The molecular formula is C27H25NO6S. The number of sulfonamides is 1. The zero-order chi connectivity index (χ0) is 25.3. The van der Waals surface area contributed by atoms with Crippen LogP contribution >= 0.6 is 0 Å². The quantitative estimate of drug-likeness (QED) is 0.239. The zero-order valence-electron chi connectivity index (χ0n) is 19.8. The van der Waals surface area contributed by atoms with Gasteiger partial charge in [0.1, 0.15) is 17.4 Å². The van der Waals surface area contributed by atoms with Gasteiger partial charge < -0.3 is 9.15 Å². The summed E-state index contributed by atoms with van der Waals surface area (Å²) in [5, 5.41) is 0.481. The van der Waals surface area contributed by atoms with Crippen LogP contribution in [0.3, 0.4) is 0 Å². The van der Waals surface area contributed by atoms with E-state index < -0.39 is 27.7 Å². The standard InChI is InChI=1S/C27H25NO6S/c1-16-10-12-21(13-11-16)35(31,32)28-25(20-8-6-5-7-9-20)27(30)34-23-15-17(2)14-22-24(23)18(3)19(4)26(29)33-22/h5-15,25,28H,1-4H3/t25-/m1/s1. The van der Waals surface area contributed by atoms with E-state index in [2.05, 4.69) is 4.72 Å². The van der Waals surface area contributed by atoms with Crippen LogP contribution in [0.1, 0.15) is 33.9 Å². The molecule has 0 aliphatic carbocycles. The molecule has 8 heteroatoms. The molecule has 1 N–H and O–H groups in total. The molecule has 0 spiro atoms. The second-order valence-corrected chi connectivity index (χ2v) is 10.2. The smallest absolute Gasteiger partial charge is 0.339 e. The SMILES string of the molecule is Cc1ccc(S(=O)(=O)N[C@@H](C(=O)Oc2cc(C)cc3oc(=O)c(C)c(C)c23)c2ccccc2)cc1. The summed E-state index contributed by atoms with van der Waals surface area (Å²) < 4.78 is 39.9. The van der Waals surface area contributed by atoms with Crippen molar-refractivity contribution in [1.29, 1.82) is 0 Å². The highest BCUT2D eigenvalue weighted by molar-refractivity contribution is 7.89. The van der Waals surface area contributed by atoms with Gasteiger partial charge in [-0.3, -0.25) is 0 Å². The Morgan fingerprint density at radius 1 is 0.886 bits per heavy atom. The average molecular weight is 492 g/mol. The number of ether oxygens (including phenoxy) is 1. The van der Waals surface area contributed by atoms with Crippen LogP contribution in [0.15, 0.2) is 80.8 Å². The maximum Gasteiger partial charge on any atom is 0.339 e. The second-order valence-electron chi connectivity index (χ2n) is 8.47. The molecule has 3 aromatic carbocycles. The van der Waals surface area contributed by atoms with Gasteiger partial charge in [0.05, 0.1) is 10.3 Å². The average Bonchev–Trinajstić information content (AvgIpc) is 2.81. The van der Waals surface area contributed by atoms with Crippen LogP contribution in [-0.2, 0) is 14.8 Å². The molecule has 1 aromatic heterocycles. The predicted molar refractivity (Wildman–Crippen MR) is 133 cm³/mol. The maximum atomic E-state index is 13.5. The molecule has 0 unspecified atom stereocenters. The van der Waals surface area contributed by atoms with Gasteiger partial charge in [-0.2, -0.15) is 4.72 Å². The molecule has 0 fully saturated rings. The lowest BCUT2D eigenvalue weighted by atomic mass is 10.0. The monoisotopic (exact) mass is 491 g/mol. The fraction of sp³-hybridized carbons (Fsp3) is 0.185. The molecule has 0 amide bonds. The Morgan fingerprint density at radius 3 is 2.20 bits per heavy atom. The van der Waals surface area contributed by atoms with E-state index in [1.165, 1.54) is 12.1 Å². The van der Waals surface area contributed by atoms with E-state index >= 15 is 0 Å². The maximum absolute atomic E-state index is 13.5. The number of hydrogen-bond donors (Lipinski definition) is 1. The van der Waals surface area contributed by atoms with Crippen molar-refractivity contribution in [1.82, 2.24) is 4.72 Å². The lowest BCUT2D eigenvalue weighted by Crippen LogP contribution is -2.36. The number of aryl methyl sites for hydroxylation is 3. The van der Waals surface area contributed by atoms with Crippen molar-refractivity contribution in [2.45, 2.75) is 38.6 Å². The first kappa shape index (κ1) is 24.4. The van der Waals surface area contributed by atoms with Gasteiger partial charge in [0, 0.05) is 5.56 Å². The molecule has 0 aliphatic rings. The van der Waals surface area contributed by atoms with Crippen molar-refractivity contribution in [3.8, 4) is 5.75 Å². The number of carbonyl (C=O) groups is 1. The molecule has 4 aromatic rings. The van der Waals surface area contributed by atoms with Crippen molar-refractivity contribution in [2.75, 3.05) is 0 Å². The first-order valence-corrected chi connectivity index (χ1v) is 12.5. The molecule has 35 heavy (non-hydrogen) atoms. The van der Waals surface area contributed by atoms with E-state index in [1.54, 1.807) is 75.4 Å². The number of nitrogens with one attached hydrogen (secondary N) is 1. The fourth-order valence-corrected chi connectivity index (χ4v) is 4.95. The summed E-state index contributed by atoms with van der Waals surface area (Å²) in [4.78, 5) is 25.6. The van der Waals surface area contributed by atoms with Gasteiger partial charge in [-0.05, 0) is 68.7 Å². The number of esters is 1. The molecule has 0 bridgehead atoms.